The Morgan fingerprint density at radius 2 is 1.68 bits per heavy atom. The third kappa shape index (κ3) is 2.37. The molecule has 1 aliphatic rings. The number of para-hydroxylation sites is 1. The maximum atomic E-state index is 12.7. The molecule has 0 unspecified atom stereocenters. The highest BCUT2D eigenvalue weighted by molar-refractivity contribution is 6.18. The molecule has 0 spiro atoms. The summed E-state index contributed by atoms with van der Waals surface area (Å²) in [7, 11) is 1.84. The van der Waals surface area contributed by atoms with Gasteiger partial charge in [0.05, 0.1) is 22.8 Å². The van der Waals surface area contributed by atoms with Gasteiger partial charge in [-0.1, -0.05) is 18.2 Å². The largest absolute Gasteiger partial charge is 0.301 e. The molecule has 110 valence electrons. The van der Waals surface area contributed by atoms with Gasteiger partial charge in [-0.25, -0.2) is 9.67 Å². The minimum Gasteiger partial charge on any atom is -0.301 e. The standard InChI is InChI=1S/C17H16N4O/c1-12-16(19-14-10-8-13(18)9-11-14)17(22)21(20(12)2)15-6-4-3-5-7-15/h3-11,18H,1-2H3. The molecule has 0 fully saturated rings. The number of hydrogen-bond acceptors (Lipinski definition) is 3. The van der Waals surface area contributed by atoms with Crippen LogP contribution in [0.5, 0.6) is 0 Å². The lowest BCUT2D eigenvalue weighted by atomic mass is 10.1. The van der Waals surface area contributed by atoms with Crippen LogP contribution in [0.3, 0.4) is 0 Å². The molecule has 22 heavy (non-hydrogen) atoms. The van der Waals surface area contributed by atoms with Gasteiger partial charge in [-0.3, -0.25) is 9.48 Å². The number of nitrogens with zero attached hydrogens (tertiary/aromatic N) is 3. The van der Waals surface area contributed by atoms with Gasteiger partial charge >= 0.3 is 0 Å². The lowest BCUT2D eigenvalue weighted by molar-refractivity contribution is 0.630. The molecule has 0 radical (unpaired) electrons. The zero-order valence-corrected chi connectivity index (χ0v) is 12.4. The Hall–Kier alpha value is -2.95. The number of rotatable bonds is 2. The Bertz CT molecular complexity index is 861. The van der Waals surface area contributed by atoms with E-state index in [0.717, 1.165) is 11.4 Å². The van der Waals surface area contributed by atoms with Crippen LogP contribution in [0, 0.1) is 12.3 Å². The molecule has 1 N–H and O–H groups in total. The molecule has 5 nitrogen and oxygen atoms in total. The Morgan fingerprint density at radius 1 is 1.05 bits per heavy atom. The van der Waals surface area contributed by atoms with Gasteiger partial charge in [0.2, 0.25) is 0 Å². The Morgan fingerprint density at radius 3 is 2.32 bits per heavy atom. The minimum atomic E-state index is -0.152. The van der Waals surface area contributed by atoms with Crippen molar-refractivity contribution >= 4 is 17.1 Å². The van der Waals surface area contributed by atoms with Crippen LogP contribution in [0.15, 0.2) is 64.4 Å². The predicted molar refractivity (Wildman–Crippen MR) is 88.8 cm³/mol. The van der Waals surface area contributed by atoms with Crippen LogP contribution in [-0.4, -0.2) is 20.8 Å². The van der Waals surface area contributed by atoms with Crippen LogP contribution in [0.4, 0.5) is 5.69 Å². The maximum absolute atomic E-state index is 12.7. The van der Waals surface area contributed by atoms with E-state index >= 15 is 0 Å². The SMILES string of the molecule is Cc1c(N=C2C=CC(=N)C=C2)c(=O)n(-c2ccccc2)n1C. The van der Waals surface area contributed by atoms with Gasteiger partial charge in [-0.2, -0.15) is 0 Å². The van der Waals surface area contributed by atoms with Crippen LogP contribution in [0.1, 0.15) is 5.69 Å². The summed E-state index contributed by atoms with van der Waals surface area (Å²) < 4.78 is 3.41. The van der Waals surface area contributed by atoms with Gasteiger partial charge in [-0.15, -0.1) is 0 Å². The van der Waals surface area contributed by atoms with Crippen LogP contribution in [-0.2, 0) is 7.05 Å². The van der Waals surface area contributed by atoms with Crippen LogP contribution in [0.25, 0.3) is 5.69 Å². The van der Waals surface area contributed by atoms with E-state index in [-0.39, 0.29) is 5.56 Å². The molecule has 0 atom stereocenters. The van der Waals surface area contributed by atoms with Crippen molar-refractivity contribution in [2.75, 3.05) is 0 Å². The Balaban J connectivity index is 2.14. The van der Waals surface area contributed by atoms with Crippen LogP contribution < -0.4 is 5.56 Å². The van der Waals surface area contributed by atoms with Crippen molar-refractivity contribution in [3.05, 3.63) is 70.7 Å². The maximum Gasteiger partial charge on any atom is 0.297 e. The molecule has 0 saturated carbocycles. The Labute approximate surface area is 128 Å². The molecule has 1 aliphatic carbocycles. The molecule has 5 heteroatoms. The van der Waals surface area contributed by atoms with Crippen molar-refractivity contribution < 1.29 is 0 Å². The lowest BCUT2D eigenvalue weighted by Gasteiger charge is -2.07. The van der Waals surface area contributed by atoms with Gasteiger partial charge < -0.3 is 5.41 Å². The molecule has 3 rings (SSSR count). The van der Waals surface area contributed by atoms with Crippen LogP contribution in [0.2, 0.25) is 0 Å². The molecule has 2 aromatic rings. The first-order valence-corrected chi connectivity index (χ1v) is 6.95. The second-order valence-corrected chi connectivity index (χ2v) is 5.07. The lowest BCUT2D eigenvalue weighted by Crippen LogP contribution is -2.19. The average molecular weight is 292 g/mol. The first-order chi connectivity index (χ1) is 10.6. The fourth-order valence-electron chi connectivity index (χ4n) is 2.35. The molecule has 1 heterocycles. The van der Waals surface area contributed by atoms with Gasteiger partial charge in [0.15, 0.2) is 5.69 Å². The fraction of sp³-hybridized carbons (Fsp3) is 0.118. The van der Waals surface area contributed by atoms with Crippen molar-refractivity contribution in [1.29, 1.82) is 5.41 Å². The molecule has 0 bridgehead atoms. The van der Waals surface area contributed by atoms with E-state index in [1.165, 1.54) is 0 Å². The van der Waals surface area contributed by atoms with E-state index in [1.807, 2.05) is 44.3 Å². The topological polar surface area (TPSA) is 63.1 Å². The zero-order valence-electron chi connectivity index (χ0n) is 12.4. The minimum absolute atomic E-state index is 0.152. The summed E-state index contributed by atoms with van der Waals surface area (Å²) in [6, 6.07) is 9.48. The highest BCUT2D eigenvalue weighted by atomic mass is 16.1. The summed E-state index contributed by atoms with van der Waals surface area (Å²) in [6.45, 7) is 1.87. The molecular formula is C17H16N4O. The highest BCUT2D eigenvalue weighted by Gasteiger charge is 2.15. The number of nitrogens with one attached hydrogen (secondary N) is 1. The number of aliphatic imine (C=N–C) groups is 1. The van der Waals surface area contributed by atoms with Gasteiger partial charge in [0.25, 0.3) is 5.56 Å². The molecule has 1 aromatic heterocycles. The number of allylic oxidation sites excluding steroid dienone is 4. The van der Waals surface area contributed by atoms with Crippen molar-refractivity contribution in [1.82, 2.24) is 9.36 Å². The average Bonchev–Trinajstić information content (AvgIpc) is 2.74. The molecule has 0 aliphatic heterocycles. The number of hydrogen-bond donors (Lipinski definition) is 1. The highest BCUT2D eigenvalue weighted by Crippen LogP contribution is 2.17. The summed E-state index contributed by atoms with van der Waals surface area (Å²) in [5, 5.41) is 7.49. The first kappa shape index (κ1) is 14.0. The summed E-state index contributed by atoms with van der Waals surface area (Å²) in [4.78, 5) is 17.1. The fourth-order valence-corrected chi connectivity index (χ4v) is 2.35. The van der Waals surface area contributed by atoms with E-state index in [4.69, 9.17) is 5.41 Å². The van der Waals surface area contributed by atoms with E-state index in [9.17, 15) is 4.79 Å². The van der Waals surface area contributed by atoms with Gasteiger partial charge in [0.1, 0.15) is 0 Å². The second-order valence-electron chi connectivity index (χ2n) is 5.07. The Kier molecular flexibility index (Phi) is 3.47. The molecule has 1 aromatic carbocycles. The monoisotopic (exact) mass is 292 g/mol. The van der Waals surface area contributed by atoms with E-state index in [1.54, 1.807) is 33.7 Å². The molecule has 0 amide bonds. The van der Waals surface area contributed by atoms with Crippen molar-refractivity contribution in [3.8, 4) is 5.69 Å². The second kappa shape index (κ2) is 5.44. The zero-order chi connectivity index (χ0) is 15.7. The first-order valence-electron chi connectivity index (χ1n) is 6.95. The van der Waals surface area contributed by atoms with E-state index in [2.05, 4.69) is 4.99 Å². The van der Waals surface area contributed by atoms with Crippen LogP contribution >= 0.6 is 0 Å². The predicted octanol–water partition coefficient (Wildman–Crippen LogP) is 2.70. The smallest absolute Gasteiger partial charge is 0.297 e. The van der Waals surface area contributed by atoms with E-state index < -0.39 is 0 Å². The normalized spacial score (nSPS) is 13.7. The third-order valence-corrected chi connectivity index (χ3v) is 3.63. The van der Waals surface area contributed by atoms with Crippen molar-refractivity contribution in [2.45, 2.75) is 6.92 Å². The summed E-state index contributed by atoms with van der Waals surface area (Å²) in [5.74, 6) is 0. The van der Waals surface area contributed by atoms with Crippen molar-refractivity contribution in [3.63, 3.8) is 0 Å². The van der Waals surface area contributed by atoms with Crippen molar-refractivity contribution in [2.24, 2.45) is 12.0 Å². The van der Waals surface area contributed by atoms with Gasteiger partial charge in [0, 0.05) is 7.05 Å². The third-order valence-electron chi connectivity index (χ3n) is 3.63. The molecule has 0 saturated heterocycles. The van der Waals surface area contributed by atoms with Gasteiger partial charge in [-0.05, 0) is 43.4 Å². The number of benzene rings is 1. The summed E-state index contributed by atoms with van der Waals surface area (Å²) >= 11 is 0. The van der Waals surface area contributed by atoms with E-state index in [0.29, 0.717) is 17.1 Å². The number of aromatic nitrogens is 2. The molecular weight excluding hydrogens is 276 g/mol. The quantitative estimate of drug-likeness (QED) is 0.850. The summed E-state index contributed by atoms with van der Waals surface area (Å²) in [6.07, 6.45) is 6.79. The summed E-state index contributed by atoms with van der Waals surface area (Å²) in [5.41, 5.74) is 2.96.